The van der Waals surface area contributed by atoms with Crippen LogP contribution >= 0.6 is 0 Å². The van der Waals surface area contributed by atoms with Crippen molar-refractivity contribution in [1.82, 2.24) is 9.03 Å². The number of hydrogen-bond acceptors (Lipinski definition) is 5. The summed E-state index contributed by atoms with van der Waals surface area (Å²) in [6.07, 6.45) is 2.41. The second kappa shape index (κ2) is 7.18. The second-order valence-electron chi connectivity index (χ2n) is 4.73. The zero-order chi connectivity index (χ0) is 14.5. The van der Waals surface area contributed by atoms with Crippen LogP contribution in [0.5, 0.6) is 0 Å². The topological polar surface area (TPSA) is 95.9 Å². The number of carbonyl (C=O) groups excluding carboxylic acids is 1. The monoisotopic (exact) mass is 294 g/mol. The van der Waals surface area contributed by atoms with Crippen LogP contribution in [0.1, 0.15) is 32.1 Å². The third-order valence-corrected chi connectivity index (χ3v) is 4.90. The summed E-state index contributed by atoms with van der Waals surface area (Å²) in [6.45, 7) is 0.0465. The highest BCUT2D eigenvalue weighted by Crippen LogP contribution is 2.19. The van der Waals surface area contributed by atoms with Crippen molar-refractivity contribution < 1.29 is 23.1 Å². The van der Waals surface area contributed by atoms with Gasteiger partial charge in [0.1, 0.15) is 0 Å². The first kappa shape index (κ1) is 16.4. The maximum absolute atomic E-state index is 12.0. The Labute approximate surface area is 114 Å². The SMILES string of the molecule is COC(=O)CCN(C)S(=O)(=O)NC1CCCCC1O. The van der Waals surface area contributed by atoms with E-state index in [2.05, 4.69) is 9.46 Å². The number of carbonyl (C=O) groups is 1. The Hall–Kier alpha value is -0.700. The van der Waals surface area contributed by atoms with Crippen LogP contribution in [0.25, 0.3) is 0 Å². The number of aliphatic hydroxyl groups is 1. The summed E-state index contributed by atoms with van der Waals surface area (Å²) >= 11 is 0. The molecule has 0 aliphatic heterocycles. The van der Waals surface area contributed by atoms with Gasteiger partial charge in [-0.25, -0.2) is 0 Å². The Bertz CT molecular complexity index is 398. The molecule has 0 spiro atoms. The first-order chi connectivity index (χ1) is 8.86. The first-order valence-corrected chi connectivity index (χ1v) is 7.79. The lowest BCUT2D eigenvalue weighted by Gasteiger charge is -2.29. The zero-order valence-corrected chi connectivity index (χ0v) is 12.1. The Morgan fingerprint density at radius 3 is 2.63 bits per heavy atom. The molecule has 19 heavy (non-hydrogen) atoms. The van der Waals surface area contributed by atoms with Crippen LogP contribution in [-0.4, -0.2) is 56.6 Å². The fourth-order valence-corrected chi connectivity index (χ4v) is 3.17. The number of nitrogens with one attached hydrogen (secondary N) is 1. The first-order valence-electron chi connectivity index (χ1n) is 6.35. The predicted octanol–water partition coefficient (Wildman–Crippen LogP) is -0.381. The normalized spacial score (nSPS) is 24.4. The molecule has 2 N–H and O–H groups in total. The maximum Gasteiger partial charge on any atom is 0.306 e. The van der Waals surface area contributed by atoms with Crippen molar-refractivity contribution >= 4 is 16.2 Å². The quantitative estimate of drug-likeness (QED) is 0.651. The molecule has 0 bridgehead atoms. The molecule has 0 amide bonds. The van der Waals surface area contributed by atoms with Crippen molar-refractivity contribution in [1.29, 1.82) is 0 Å². The van der Waals surface area contributed by atoms with Crippen LogP contribution in [0, 0.1) is 0 Å². The Kier molecular flexibility index (Phi) is 6.18. The zero-order valence-electron chi connectivity index (χ0n) is 11.3. The van der Waals surface area contributed by atoms with Crippen LogP contribution in [-0.2, 0) is 19.7 Å². The van der Waals surface area contributed by atoms with Crippen LogP contribution in [0.2, 0.25) is 0 Å². The van der Waals surface area contributed by atoms with Crippen molar-refractivity contribution in [2.45, 2.75) is 44.2 Å². The fraction of sp³-hybridized carbons (Fsp3) is 0.909. The number of esters is 1. The lowest BCUT2D eigenvalue weighted by atomic mass is 9.93. The lowest BCUT2D eigenvalue weighted by Crippen LogP contribution is -2.50. The number of rotatable bonds is 6. The summed E-state index contributed by atoms with van der Waals surface area (Å²) < 4.78 is 32.0. The average Bonchev–Trinajstić information content (AvgIpc) is 2.37. The molecule has 0 heterocycles. The van der Waals surface area contributed by atoms with Gasteiger partial charge >= 0.3 is 5.97 Å². The Morgan fingerprint density at radius 2 is 2.05 bits per heavy atom. The van der Waals surface area contributed by atoms with E-state index in [1.807, 2.05) is 0 Å². The number of aliphatic hydroxyl groups excluding tert-OH is 1. The molecule has 2 atom stereocenters. The standard InChI is InChI=1S/C11H22N2O5S/c1-13(8-7-11(15)18-2)19(16,17)12-9-5-3-4-6-10(9)14/h9-10,12,14H,3-8H2,1-2H3. The molecule has 0 radical (unpaired) electrons. The minimum absolute atomic E-state index is 0.00112. The highest BCUT2D eigenvalue weighted by molar-refractivity contribution is 7.87. The number of methoxy groups -OCH3 is 1. The molecule has 1 aliphatic rings. The van der Waals surface area contributed by atoms with Gasteiger partial charge in [0, 0.05) is 19.6 Å². The highest BCUT2D eigenvalue weighted by atomic mass is 32.2. The van der Waals surface area contributed by atoms with E-state index < -0.39 is 28.3 Å². The van der Waals surface area contributed by atoms with E-state index in [0.29, 0.717) is 12.8 Å². The Balaban J connectivity index is 2.51. The summed E-state index contributed by atoms with van der Waals surface area (Å²) in [5, 5.41) is 9.75. The molecule has 7 nitrogen and oxygen atoms in total. The van der Waals surface area contributed by atoms with E-state index in [1.165, 1.54) is 14.2 Å². The number of hydrogen-bond donors (Lipinski definition) is 2. The summed E-state index contributed by atoms with van der Waals surface area (Å²) in [5.74, 6) is -0.459. The van der Waals surface area contributed by atoms with Gasteiger partial charge in [-0.05, 0) is 12.8 Å². The summed E-state index contributed by atoms with van der Waals surface area (Å²) in [7, 11) is -1.03. The molecule has 1 rings (SSSR count). The van der Waals surface area contributed by atoms with Crippen molar-refractivity contribution in [3.8, 4) is 0 Å². The van der Waals surface area contributed by atoms with Crippen molar-refractivity contribution in [3.63, 3.8) is 0 Å². The van der Waals surface area contributed by atoms with Gasteiger partial charge in [-0.3, -0.25) is 4.79 Å². The van der Waals surface area contributed by atoms with E-state index >= 15 is 0 Å². The van der Waals surface area contributed by atoms with Gasteiger partial charge in [0.05, 0.1) is 19.6 Å². The summed E-state index contributed by atoms with van der Waals surface area (Å²) in [4.78, 5) is 11.0. The highest BCUT2D eigenvalue weighted by Gasteiger charge is 2.29. The van der Waals surface area contributed by atoms with Crippen LogP contribution in [0.3, 0.4) is 0 Å². The smallest absolute Gasteiger partial charge is 0.306 e. The minimum Gasteiger partial charge on any atom is -0.469 e. The third kappa shape index (κ3) is 5.06. The third-order valence-electron chi connectivity index (χ3n) is 3.30. The molecule has 8 heteroatoms. The molecule has 0 aromatic carbocycles. The Morgan fingerprint density at radius 1 is 1.42 bits per heavy atom. The molecule has 112 valence electrons. The molecule has 1 fully saturated rings. The molecule has 0 saturated heterocycles. The van der Waals surface area contributed by atoms with Crippen molar-refractivity contribution in [2.24, 2.45) is 0 Å². The number of ether oxygens (including phenoxy) is 1. The van der Waals surface area contributed by atoms with Crippen LogP contribution < -0.4 is 4.72 Å². The molecule has 0 aromatic heterocycles. The molecule has 2 unspecified atom stereocenters. The predicted molar refractivity (Wildman–Crippen MR) is 69.6 cm³/mol. The minimum atomic E-state index is -3.68. The molecular weight excluding hydrogens is 272 g/mol. The molecular formula is C11H22N2O5S. The second-order valence-corrected chi connectivity index (χ2v) is 6.54. The van der Waals surface area contributed by atoms with Crippen LogP contribution in [0.4, 0.5) is 0 Å². The van der Waals surface area contributed by atoms with Gasteiger partial charge in [-0.1, -0.05) is 12.8 Å². The van der Waals surface area contributed by atoms with E-state index in [0.717, 1.165) is 17.1 Å². The van der Waals surface area contributed by atoms with Crippen molar-refractivity contribution in [2.75, 3.05) is 20.7 Å². The fourth-order valence-electron chi connectivity index (χ4n) is 2.00. The van der Waals surface area contributed by atoms with Gasteiger partial charge in [0.15, 0.2) is 0 Å². The lowest BCUT2D eigenvalue weighted by molar-refractivity contribution is -0.140. The molecule has 1 aliphatic carbocycles. The van der Waals surface area contributed by atoms with Gasteiger partial charge in [0.2, 0.25) is 0 Å². The average molecular weight is 294 g/mol. The summed E-state index contributed by atoms with van der Waals surface area (Å²) in [6, 6.07) is -0.445. The van der Waals surface area contributed by atoms with E-state index in [-0.39, 0.29) is 13.0 Å². The van der Waals surface area contributed by atoms with Gasteiger partial charge in [-0.15, -0.1) is 0 Å². The van der Waals surface area contributed by atoms with E-state index in [9.17, 15) is 18.3 Å². The van der Waals surface area contributed by atoms with Crippen LogP contribution in [0.15, 0.2) is 0 Å². The number of nitrogens with zero attached hydrogens (tertiary/aromatic N) is 1. The van der Waals surface area contributed by atoms with Gasteiger partial charge in [0.25, 0.3) is 10.2 Å². The van der Waals surface area contributed by atoms with Crippen molar-refractivity contribution in [3.05, 3.63) is 0 Å². The van der Waals surface area contributed by atoms with Gasteiger partial charge < -0.3 is 9.84 Å². The molecule has 1 saturated carbocycles. The summed E-state index contributed by atoms with van der Waals surface area (Å²) in [5.41, 5.74) is 0. The van der Waals surface area contributed by atoms with E-state index in [4.69, 9.17) is 0 Å². The molecule has 0 aromatic rings. The van der Waals surface area contributed by atoms with Gasteiger partial charge in [-0.2, -0.15) is 17.4 Å². The largest absolute Gasteiger partial charge is 0.469 e. The maximum atomic E-state index is 12.0. The van der Waals surface area contributed by atoms with E-state index in [1.54, 1.807) is 0 Å².